The zero-order valence-corrected chi connectivity index (χ0v) is 18.8. The van der Waals surface area contributed by atoms with Gasteiger partial charge in [0.2, 0.25) is 0 Å². The molecule has 2 aliphatic rings. The average molecular weight is 447 g/mol. The summed E-state index contributed by atoms with van der Waals surface area (Å²) in [5.41, 5.74) is 15.4. The third-order valence-corrected chi connectivity index (χ3v) is 8.04. The summed E-state index contributed by atoms with van der Waals surface area (Å²) in [6, 6.07) is 22.4. The Labute approximate surface area is 200 Å². The Kier molecular flexibility index (Phi) is 3.11. The highest BCUT2D eigenvalue weighted by Gasteiger charge is 2.28. The first-order chi connectivity index (χ1) is 17.3. The van der Waals surface area contributed by atoms with Gasteiger partial charge in [-0.15, -0.1) is 0 Å². The van der Waals surface area contributed by atoms with E-state index in [4.69, 9.17) is 4.98 Å². The monoisotopic (exact) mass is 446 g/mol. The number of benzene rings is 3. The lowest BCUT2D eigenvalue weighted by atomic mass is 9.96. The number of pyridine rings is 3. The minimum absolute atomic E-state index is 0.956. The fraction of sp³-hybridized carbons (Fsp3) is 0.0645. The predicted octanol–water partition coefficient (Wildman–Crippen LogP) is 6.73. The van der Waals surface area contributed by atoms with Gasteiger partial charge in [0.1, 0.15) is 5.65 Å². The molecule has 0 N–H and O–H groups in total. The van der Waals surface area contributed by atoms with Gasteiger partial charge >= 0.3 is 0 Å². The molecule has 35 heavy (non-hydrogen) atoms. The largest absolute Gasteiger partial charge is 0.289 e. The third kappa shape index (κ3) is 2.15. The van der Waals surface area contributed by atoms with Gasteiger partial charge in [0.15, 0.2) is 0 Å². The fourth-order valence-corrected chi connectivity index (χ4v) is 6.51. The summed E-state index contributed by atoms with van der Waals surface area (Å²) in [6.45, 7) is 0. The minimum atomic E-state index is 0.956. The van der Waals surface area contributed by atoms with Crippen molar-refractivity contribution in [2.75, 3.05) is 0 Å². The van der Waals surface area contributed by atoms with Crippen LogP contribution < -0.4 is 0 Å². The van der Waals surface area contributed by atoms with Crippen molar-refractivity contribution in [3.05, 3.63) is 108 Å². The highest BCUT2D eigenvalue weighted by Crippen LogP contribution is 2.48. The molecule has 0 aliphatic heterocycles. The molecule has 0 atom stereocenters. The van der Waals surface area contributed by atoms with Gasteiger partial charge in [-0.25, -0.2) is 4.98 Å². The quantitative estimate of drug-likeness (QED) is 0.243. The predicted molar refractivity (Wildman–Crippen MR) is 140 cm³/mol. The Morgan fingerprint density at radius 1 is 0.600 bits per heavy atom. The molecule has 0 saturated heterocycles. The molecule has 9 rings (SSSR count). The van der Waals surface area contributed by atoms with Crippen molar-refractivity contribution < 1.29 is 0 Å². The molecule has 4 heteroatoms. The van der Waals surface area contributed by atoms with Crippen molar-refractivity contribution in [2.45, 2.75) is 12.8 Å². The first kappa shape index (κ1) is 17.8. The average Bonchev–Trinajstić information content (AvgIpc) is 3.59. The molecule has 0 spiro atoms. The van der Waals surface area contributed by atoms with Crippen molar-refractivity contribution >= 4 is 38.4 Å². The van der Waals surface area contributed by atoms with Crippen LogP contribution in [0.25, 0.3) is 60.6 Å². The van der Waals surface area contributed by atoms with Gasteiger partial charge < -0.3 is 0 Å². The molecule has 4 nitrogen and oxygen atoms in total. The molecule has 7 aromatic rings. The maximum Gasteiger partial charge on any atom is 0.146 e. The molecule has 4 heterocycles. The summed E-state index contributed by atoms with van der Waals surface area (Å²) in [5.74, 6) is 0. The van der Waals surface area contributed by atoms with E-state index in [1.54, 1.807) is 0 Å². The number of aromatic nitrogens is 4. The SMILES string of the molecule is c1ccc2c(c1)Cc1c-2ccc2c1Cc1cc3c(cc1-2)c1ccncc1n1c2cnccc2nc31. The van der Waals surface area contributed by atoms with Crippen LogP contribution >= 0.6 is 0 Å². The number of imidazole rings is 1. The molecule has 162 valence electrons. The Morgan fingerprint density at radius 3 is 2.29 bits per heavy atom. The first-order valence-corrected chi connectivity index (χ1v) is 12.0. The lowest BCUT2D eigenvalue weighted by Crippen LogP contribution is -1.94. The van der Waals surface area contributed by atoms with Crippen LogP contribution in [-0.4, -0.2) is 19.4 Å². The van der Waals surface area contributed by atoms with Gasteiger partial charge in [-0.1, -0.05) is 36.4 Å². The molecule has 0 fully saturated rings. The van der Waals surface area contributed by atoms with E-state index < -0.39 is 0 Å². The van der Waals surface area contributed by atoms with E-state index >= 15 is 0 Å². The number of hydrogen-bond donors (Lipinski definition) is 0. The molecule has 0 radical (unpaired) electrons. The summed E-state index contributed by atoms with van der Waals surface area (Å²) in [7, 11) is 0. The smallest absolute Gasteiger partial charge is 0.146 e. The van der Waals surface area contributed by atoms with E-state index in [-0.39, 0.29) is 0 Å². The Morgan fingerprint density at radius 2 is 1.37 bits per heavy atom. The van der Waals surface area contributed by atoms with E-state index in [9.17, 15) is 0 Å². The van der Waals surface area contributed by atoms with Crippen LogP contribution in [0.5, 0.6) is 0 Å². The molecule has 0 saturated carbocycles. The highest BCUT2D eigenvalue weighted by molar-refractivity contribution is 6.15. The van der Waals surface area contributed by atoms with Crippen LogP contribution in [0.2, 0.25) is 0 Å². The second kappa shape index (κ2) is 6.10. The highest BCUT2D eigenvalue weighted by atomic mass is 15.0. The lowest BCUT2D eigenvalue weighted by Gasteiger charge is -2.11. The van der Waals surface area contributed by atoms with Gasteiger partial charge in [-0.3, -0.25) is 14.4 Å². The number of nitrogens with zero attached hydrogens (tertiary/aromatic N) is 4. The van der Waals surface area contributed by atoms with E-state index in [1.807, 2.05) is 30.9 Å². The van der Waals surface area contributed by atoms with Crippen LogP contribution in [0.4, 0.5) is 0 Å². The number of fused-ring (bicyclic) bond motifs is 15. The lowest BCUT2D eigenvalue weighted by molar-refractivity contribution is 1.16. The number of hydrogen-bond acceptors (Lipinski definition) is 3. The van der Waals surface area contributed by atoms with Crippen LogP contribution in [0.1, 0.15) is 22.3 Å². The van der Waals surface area contributed by atoms with Crippen molar-refractivity contribution in [1.82, 2.24) is 19.4 Å². The van der Waals surface area contributed by atoms with E-state index in [0.717, 1.165) is 35.0 Å². The molecular weight excluding hydrogens is 428 g/mol. The topological polar surface area (TPSA) is 43.1 Å². The van der Waals surface area contributed by atoms with Gasteiger partial charge in [0.25, 0.3) is 0 Å². The Balaban J connectivity index is 1.38. The zero-order chi connectivity index (χ0) is 22.7. The molecule has 4 aromatic heterocycles. The molecular formula is C31H18N4. The summed E-state index contributed by atoms with van der Waals surface area (Å²) >= 11 is 0. The summed E-state index contributed by atoms with van der Waals surface area (Å²) in [6.07, 6.45) is 9.54. The Bertz CT molecular complexity index is 2070. The van der Waals surface area contributed by atoms with Crippen LogP contribution in [0, 0.1) is 0 Å². The van der Waals surface area contributed by atoms with E-state index in [1.165, 1.54) is 60.7 Å². The first-order valence-electron chi connectivity index (χ1n) is 12.0. The van der Waals surface area contributed by atoms with Crippen molar-refractivity contribution in [2.24, 2.45) is 0 Å². The van der Waals surface area contributed by atoms with Crippen LogP contribution in [-0.2, 0) is 12.8 Å². The number of rotatable bonds is 0. The minimum Gasteiger partial charge on any atom is -0.289 e. The van der Waals surface area contributed by atoms with Gasteiger partial charge in [-0.2, -0.15) is 0 Å². The summed E-state index contributed by atoms with van der Waals surface area (Å²) < 4.78 is 2.22. The maximum absolute atomic E-state index is 5.05. The van der Waals surface area contributed by atoms with Crippen molar-refractivity contribution in [1.29, 1.82) is 0 Å². The van der Waals surface area contributed by atoms with Crippen molar-refractivity contribution in [3.8, 4) is 22.3 Å². The zero-order valence-electron chi connectivity index (χ0n) is 18.8. The molecule has 3 aromatic carbocycles. The molecule has 0 bridgehead atoms. The molecule has 0 amide bonds. The fourth-order valence-electron chi connectivity index (χ4n) is 6.51. The normalized spacial score (nSPS) is 13.5. The summed E-state index contributed by atoms with van der Waals surface area (Å²) in [5, 5.41) is 3.61. The van der Waals surface area contributed by atoms with E-state index in [0.29, 0.717) is 0 Å². The van der Waals surface area contributed by atoms with Crippen molar-refractivity contribution in [3.63, 3.8) is 0 Å². The Hall–Kier alpha value is -4.57. The van der Waals surface area contributed by atoms with Crippen LogP contribution in [0.15, 0.2) is 85.5 Å². The maximum atomic E-state index is 5.05. The van der Waals surface area contributed by atoms with Gasteiger partial charge in [0, 0.05) is 23.2 Å². The second-order valence-electron chi connectivity index (χ2n) is 9.71. The van der Waals surface area contributed by atoms with Crippen LogP contribution in [0.3, 0.4) is 0 Å². The standard InChI is InChI=1S/C31H18N4/c1-2-4-19-17(3-1)11-24-20(19)5-6-21-23-14-26-22-7-9-32-15-29(22)35-30-16-33-10-8-28(30)34-31(35)27(26)13-18(23)12-25(21)24/h1-10,13-16H,11-12H2. The van der Waals surface area contributed by atoms with Gasteiger partial charge in [-0.05, 0) is 87.0 Å². The molecule has 2 aliphatic carbocycles. The summed E-state index contributed by atoms with van der Waals surface area (Å²) in [4.78, 5) is 13.9. The van der Waals surface area contributed by atoms with Gasteiger partial charge in [0.05, 0.1) is 28.9 Å². The second-order valence-corrected chi connectivity index (χ2v) is 9.71. The van der Waals surface area contributed by atoms with E-state index in [2.05, 4.69) is 69.0 Å². The molecule has 0 unspecified atom stereocenters. The third-order valence-electron chi connectivity index (χ3n) is 8.04.